The zero-order chi connectivity index (χ0) is 11.0. The summed E-state index contributed by atoms with van der Waals surface area (Å²) < 4.78 is 1.23. The number of carbonyl (C=O) groups excluding carboxylic acids is 1. The molecule has 0 N–H and O–H groups in total. The predicted molar refractivity (Wildman–Crippen MR) is 69.3 cm³/mol. The van der Waals surface area contributed by atoms with Gasteiger partial charge in [0.15, 0.2) is 0 Å². The van der Waals surface area contributed by atoms with E-state index < -0.39 is 0 Å². The van der Waals surface area contributed by atoms with Gasteiger partial charge in [-0.15, -0.1) is 0 Å². The summed E-state index contributed by atoms with van der Waals surface area (Å²) in [6.07, 6.45) is 0.964. The molecular weight excluding hydrogens is 303 g/mol. The third kappa shape index (κ3) is 1.95. The Morgan fingerprint density at radius 2 is 2.20 bits per heavy atom. The van der Waals surface area contributed by atoms with Crippen LogP contribution < -0.4 is 4.90 Å². The molecule has 3 nitrogen and oxygen atoms in total. The van der Waals surface area contributed by atoms with Gasteiger partial charge in [0.05, 0.1) is 0 Å². The molecule has 1 aromatic rings. The lowest BCUT2D eigenvalue weighted by molar-refractivity contribution is 0.224. The van der Waals surface area contributed by atoms with E-state index in [0.29, 0.717) is 0 Å². The quantitative estimate of drug-likeness (QED) is 0.674. The molecule has 0 spiro atoms. The van der Waals surface area contributed by atoms with Crippen LogP contribution in [0.2, 0.25) is 0 Å². The molecule has 0 aliphatic carbocycles. The van der Waals surface area contributed by atoms with Crippen molar-refractivity contribution in [2.45, 2.75) is 6.42 Å². The van der Waals surface area contributed by atoms with Crippen LogP contribution in [0.25, 0.3) is 0 Å². The number of fused-ring (bicyclic) bond motifs is 1. The highest BCUT2D eigenvalue weighted by Crippen LogP contribution is 2.29. The molecule has 80 valence electrons. The summed E-state index contributed by atoms with van der Waals surface area (Å²) in [5, 5.41) is 0. The Kier molecular flexibility index (Phi) is 2.86. The number of urea groups is 1. The summed E-state index contributed by atoms with van der Waals surface area (Å²) in [5.74, 6) is 0. The minimum Gasteiger partial charge on any atom is -0.330 e. The van der Waals surface area contributed by atoms with Crippen LogP contribution in [0.5, 0.6) is 0 Å². The number of halogens is 1. The van der Waals surface area contributed by atoms with Gasteiger partial charge in [-0.2, -0.15) is 0 Å². The molecule has 1 aromatic carbocycles. The van der Waals surface area contributed by atoms with E-state index in [-0.39, 0.29) is 6.03 Å². The Labute approximate surface area is 103 Å². The number of rotatable bonds is 0. The molecule has 1 aliphatic rings. The standard InChI is InChI=1S/C11H13IN2O/c1-13(2)11(15)14-6-5-8-7-9(12)3-4-10(8)14/h3-4,7H,5-6H2,1-2H3. The third-order valence-electron chi connectivity index (χ3n) is 2.55. The van der Waals surface area contributed by atoms with E-state index >= 15 is 0 Å². The van der Waals surface area contributed by atoms with Crippen molar-refractivity contribution in [3.63, 3.8) is 0 Å². The lowest BCUT2D eigenvalue weighted by atomic mass is 10.2. The number of hydrogen-bond donors (Lipinski definition) is 0. The van der Waals surface area contributed by atoms with E-state index in [2.05, 4.69) is 28.7 Å². The van der Waals surface area contributed by atoms with Gasteiger partial charge in [-0.3, -0.25) is 4.90 Å². The Hall–Kier alpha value is -0.780. The third-order valence-corrected chi connectivity index (χ3v) is 3.22. The van der Waals surface area contributed by atoms with Gasteiger partial charge < -0.3 is 4.90 Å². The van der Waals surface area contributed by atoms with E-state index in [1.165, 1.54) is 9.13 Å². The molecule has 15 heavy (non-hydrogen) atoms. The number of benzene rings is 1. The molecule has 1 heterocycles. The fourth-order valence-electron chi connectivity index (χ4n) is 1.81. The predicted octanol–water partition coefficient (Wildman–Crippen LogP) is 2.34. The number of amides is 2. The molecule has 2 amide bonds. The first-order valence-electron chi connectivity index (χ1n) is 4.87. The van der Waals surface area contributed by atoms with Crippen molar-refractivity contribution in [1.82, 2.24) is 4.90 Å². The molecule has 0 atom stereocenters. The maximum absolute atomic E-state index is 11.8. The zero-order valence-electron chi connectivity index (χ0n) is 8.83. The molecular formula is C11H13IN2O. The maximum atomic E-state index is 11.8. The summed E-state index contributed by atoms with van der Waals surface area (Å²) in [6.45, 7) is 0.798. The molecule has 0 fully saturated rings. The smallest absolute Gasteiger partial charge is 0.323 e. The molecule has 0 unspecified atom stereocenters. The van der Waals surface area contributed by atoms with Crippen molar-refractivity contribution in [3.05, 3.63) is 27.3 Å². The number of hydrogen-bond acceptors (Lipinski definition) is 1. The van der Waals surface area contributed by atoms with Crippen molar-refractivity contribution in [3.8, 4) is 0 Å². The Morgan fingerprint density at radius 1 is 1.47 bits per heavy atom. The highest BCUT2D eigenvalue weighted by molar-refractivity contribution is 14.1. The second-order valence-corrected chi connectivity index (χ2v) is 5.10. The Bertz CT molecular complexity index is 404. The molecule has 0 saturated carbocycles. The lowest BCUT2D eigenvalue weighted by Crippen LogP contribution is -2.38. The van der Waals surface area contributed by atoms with E-state index in [9.17, 15) is 4.79 Å². The minimum absolute atomic E-state index is 0.0648. The van der Waals surface area contributed by atoms with Gasteiger partial charge >= 0.3 is 6.03 Å². The average Bonchev–Trinajstić information content (AvgIpc) is 2.59. The lowest BCUT2D eigenvalue weighted by Gasteiger charge is -2.21. The van der Waals surface area contributed by atoms with Crippen LogP contribution in [0, 0.1) is 3.57 Å². The van der Waals surface area contributed by atoms with Crippen molar-refractivity contribution in [1.29, 1.82) is 0 Å². The summed E-state index contributed by atoms with van der Waals surface area (Å²) in [6, 6.07) is 6.29. The first-order chi connectivity index (χ1) is 7.09. The Balaban J connectivity index is 2.33. The summed E-state index contributed by atoms with van der Waals surface area (Å²) in [4.78, 5) is 15.3. The number of nitrogens with zero attached hydrogens (tertiary/aromatic N) is 2. The highest BCUT2D eigenvalue weighted by atomic mass is 127. The zero-order valence-corrected chi connectivity index (χ0v) is 11.0. The summed E-state index contributed by atoms with van der Waals surface area (Å²) in [7, 11) is 3.57. The van der Waals surface area contributed by atoms with Crippen LogP contribution in [-0.4, -0.2) is 31.6 Å². The SMILES string of the molecule is CN(C)C(=O)N1CCc2cc(I)ccc21. The molecule has 0 radical (unpaired) electrons. The fraction of sp³-hybridized carbons (Fsp3) is 0.364. The monoisotopic (exact) mass is 316 g/mol. The van der Waals surface area contributed by atoms with E-state index in [1.54, 1.807) is 19.0 Å². The summed E-state index contributed by atoms with van der Waals surface area (Å²) >= 11 is 2.30. The van der Waals surface area contributed by atoms with E-state index in [1.807, 2.05) is 17.0 Å². The van der Waals surface area contributed by atoms with Crippen molar-refractivity contribution >= 4 is 34.3 Å². The van der Waals surface area contributed by atoms with Gasteiger partial charge in [0.1, 0.15) is 0 Å². The molecule has 0 saturated heterocycles. The average molecular weight is 316 g/mol. The van der Waals surface area contributed by atoms with Gasteiger partial charge in [-0.1, -0.05) is 0 Å². The van der Waals surface area contributed by atoms with Crippen LogP contribution in [0.3, 0.4) is 0 Å². The van der Waals surface area contributed by atoms with Crippen molar-refractivity contribution in [2.24, 2.45) is 0 Å². The fourth-order valence-corrected chi connectivity index (χ4v) is 2.37. The number of carbonyl (C=O) groups is 1. The summed E-state index contributed by atoms with van der Waals surface area (Å²) in [5.41, 5.74) is 2.34. The van der Waals surface area contributed by atoms with E-state index in [0.717, 1.165) is 18.7 Å². The van der Waals surface area contributed by atoms with Crippen LogP contribution in [0.4, 0.5) is 10.5 Å². The van der Waals surface area contributed by atoms with Gasteiger partial charge in [0.2, 0.25) is 0 Å². The molecule has 2 rings (SSSR count). The van der Waals surface area contributed by atoms with Crippen LogP contribution in [0.1, 0.15) is 5.56 Å². The van der Waals surface area contributed by atoms with Crippen molar-refractivity contribution < 1.29 is 4.79 Å². The first-order valence-corrected chi connectivity index (χ1v) is 5.94. The van der Waals surface area contributed by atoms with Gasteiger partial charge in [0.25, 0.3) is 0 Å². The van der Waals surface area contributed by atoms with Gasteiger partial charge in [-0.25, -0.2) is 4.79 Å². The second kappa shape index (κ2) is 4.00. The molecule has 0 aromatic heterocycles. The maximum Gasteiger partial charge on any atom is 0.323 e. The molecule has 1 aliphatic heterocycles. The van der Waals surface area contributed by atoms with Gasteiger partial charge in [0, 0.05) is 29.9 Å². The highest BCUT2D eigenvalue weighted by Gasteiger charge is 2.25. The van der Waals surface area contributed by atoms with E-state index in [4.69, 9.17) is 0 Å². The topological polar surface area (TPSA) is 23.6 Å². The number of anilines is 1. The van der Waals surface area contributed by atoms with Crippen molar-refractivity contribution in [2.75, 3.05) is 25.5 Å². The second-order valence-electron chi connectivity index (χ2n) is 3.85. The van der Waals surface area contributed by atoms with Crippen LogP contribution in [0.15, 0.2) is 18.2 Å². The minimum atomic E-state index is 0.0648. The normalized spacial score (nSPS) is 13.9. The van der Waals surface area contributed by atoms with Gasteiger partial charge in [-0.05, 0) is 52.8 Å². The van der Waals surface area contributed by atoms with Crippen LogP contribution in [-0.2, 0) is 6.42 Å². The molecule has 4 heteroatoms. The molecule has 0 bridgehead atoms. The first kappa shape index (κ1) is 10.7. The van der Waals surface area contributed by atoms with Crippen LogP contribution >= 0.6 is 22.6 Å². The largest absolute Gasteiger partial charge is 0.330 e. The Morgan fingerprint density at radius 3 is 2.87 bits per heavy atom.